The minimum atomic E-state index is 0.341. The molecule has 1 aromatic carbocycles. The van der Waals surface area contributed by atoms with E-state index in [1.807, 2.05) is 17.6 Å². The first-order chi connectivity index (χ1) is 7.25. The Hall–Kier alpha value is -1.84. The third-order valence-electron chi connectivity index (χ3n) is 2.79. The number of nitrogens with one attached hydrogen (secondary N) is 2. The molecule has 0 amide bonds. The Morgan fingerprint density at radius 3 is 3.20 bits per heavy atom. The summed E-state index contributed by atoms with van der Waals surface area (Å²) in [6, 6.07) is 6.17. The van der Waals surface area contributed by atoms with E-state index in [0.29, 0.717) is 5.62 Å². The maximum absolute atomic E-state index is 7.82. The highest BCUT2D eigenvalue weighted by Crippen LogP contribution is 2.23. The van der Waals surface area contributed by atoms with Gasteiger partial charge in [-0.25, -0.2) is 4.98 Å². The first kappa shape index (κ1) is 8.47. The molecule has 15 heavy (non-hydrogen) atoms. The zero-order valence-corrected chi connectivity index (χ0v) is 8.54. The van der Waals surface area contributed by atoms with Gasteiger partial charge >= 0.3 is 0 Å². The third kappa shape index (κ3) is 1.14. The number of nitrogens with zero attached hydrogens (tertiary/aromatic N) is 2. The van der Waals surface area contributed by atoms with E-state index in [9.17, 15) is 0 Å². The van der Waals surface area contributed by atoms with Crippen LogP contribution in [0.4, 0.5) is 5.82 Å². The molecule has 0 atom stereocenters. The first-order valence-electron chi connectivity index (χ1n) is 5.05. The molecule has 0 radical (unpaired) electrons. The highest BCUT2D eigenvalue weighted by atomic mass is 15.2. The van der Waals surface area contributed by atoms with Crippen LogP contribution in [0.5, 0.6) is 0 Å². The largest absolute Gasteiger partial charge is 0.369 e. The molecule has 0 spiro atoms. The monoisotopic (exact) mass is 200 g/mol. The highest BCUT2D eigenvalue weighted by molar-refractivity contribution is 5.89. The van der Waals surface area contributed by atoms with Crippen molar-refractivity contribution in [1.29, 1.82) is 5.41 Å². The lowest BCUT2D eigenvalue weighted by atomic mass is 10.1. The van der Waals surface area contributed by atoms with Gasteiger partial charge in [0.2, 0.25) is 5.62 Å². The fraction of sp³-hybridized carbons (Fsp3) is 0.273. The molecule has 0 fully saturated rings. The number of rotatable bonds is 0. The van der Waals surface area contributed by atoms with Crippen LogP contribution in [0, 0.1) is 12.3 Å². The highest BCUT2D eigenvalue weighted by Gasteiger charge is 2.13. The van der Waals surface area contributed by atoms with Gasteiger partial charge in [-0.15, -0.1) is 0 Å². The number of hydrogen-bond acceptors (Lipinski definition) is 3. The lowest BCUT2D eigenvalue weighted by Crippen LogP contribution is -2.21. The molecule has 4 heteroatoms. The second kappa shape index (κ2) is 2.82. The van der Waals surface area contributed by atoms with Crippen molar-refractivity contribution in [2.24, 2.45) is 0 Å². The van der Waals surface area contributed by atoms with Crippen molar-refractivity contribution in [2.75, 3.05) is 11.9 Å². The second-order valence-electron chi connectivity index (χ2n) is 3.88. The SMILES string of the molecule is Cc1ccc2c3n(c(=N)nc2c1)CCN3. The van der Waals surface area contributed by atoms with Crippen molar-refractivity contribution in [1.82, 2.24) is 9.55 Å². The molecule has 1 aliphatic rings. The predicted octanol–water partition coefficient (Wildman–Crippen LogP) is 1.25. The van der Waals surface area contributed by atoms with Gasteiger partial charge in [0, 0.05) is 18.5 Å². The number of aromatic nitrogens is 2. The fourth-order valence-corrected chi connectivity index (χ4v) is 2.05. The van der Waals surface area contributed by atoms with Gasteiger partial charge in [-0.05, 0) is 24.6 Å². The van der Waals surface area contributed by atoms with Crippen LogP contribution in [-0.2, 0) is 6.54 Å². The van der Waals surface area contributed by atoms with Crippen LogP contribution in [0.1, 0.15) is 5.56 Å². The van der Waals surface area contributed by atoms with E-state index in [1.54, 1.807) is 0 Å². The van der Waals surface area contributed by atoms with Crippen LogP contribution >= 0.6 is 0 Å². The molecule has 0 unspecified atom stereocenters. The molecule has 2 aromatic rings. The van der Waals surface area contributed by atoms with Gasteiger partial charge in [0.15, 0.2) is 0 Å². The van der Waals surface area contributed by atoms with E-state index < -0.39 is 0 Å². The van der Waals surface area contributed by atoms with E-state index in [1.165, 1.54) is 5.56 Å². The van der Waals surface area contributed by atoms with Gasteiger partial charge in [0.1, 0.15) is 5.82 Å². The van der Waals surface area contributed by atoms with E-state index in [0.717, 1.165) is 29.8 Å². The van der Waals surface area contributed by atoms with Gasteiger partial charge in [0.25, 0.3) is 0 Å². The Kier molecular flexibility index (Phi) is 1.59. The average molecular weight is 200 g/mol. The summed E-state index contributed by atoms with van der Waals surface area (Å²) in [6.07, 6.45) is 0. The average Bonchev–Trinajstić information content (AvgIpc) is 2.66. The zero-order valence-electron chi connectivity index (χ0n) is 8.54. The van der Waals surface area contributed by atoms with Crippen molar-refractivity contribution in [3.8, 4) is 0 Å². The quantitative estimate of drug-likeness (QED) is 0.672. The Labute approximate surface area is 87.1 Å². The van der Waals surface area contributed by atoms with Gasteiger partial charge in [-0.3, -0.25) is 9.98 Å². The number of aryl methyl sites for hydroxylation is 1. The fourth-order valence-electron chi connectivity index (χ4n) is 2.05. The molecule has 0 aliphatic carbocycles. The molecule has 2 N–H and O–H groups in total. The third-order valence-corrected chi connectivity index (χ3v) is 2.79. The van der Waals surface area contributed by atoms with Crippen LogP contribution in [0.3, 0.4) is 0 Å². The minimum absolute atomic E-state index is 0.341. The summed E-state index contributed by atoms with van der Waals surface area (Å²) in [5.74, 6) is 1.03. The zero-order chi connectivity index (χ0) is 10.4. The Morgan fingerprint density at radius 1 is 1.47 bits per heavy atom. The standard InChI is InChI=1S/C11H12N4/c1-7-2-3-8-9(6-7)14-11(12)15-5-4-13-10(8)15/h2-3,6,12-13H,4-5H2,1H3. The molecule has 2 heterocycles. The van der Waals surface area contributed by atoms with Crippen molar-refractivity contribution >= 4 is 16.7 Å². The number of hydrogen-bond donors (Lipinski definition) is 2. The van der Waals surface area contributed by atoms with Gasteiger partial charge in [-0.1, -0.05) is 6.07 Å². The molecule has 3 rings (SSSR count). The normalized spacial score (nSPS) is 13.9. The lowest BCUT2D eigenvalue weighted by Gasteiger charge is -2.07. The summed E-state index contributed by atoms with van der Waals surface area (Å²) in [5, 5.41) is 12.2. The van der Waals surface area contributed by atoms with Crippen molar-refractivity contribution in [3.63, 3.8) is 0 Å². The summed E-state index contributed by atoms with van der Waals surface area (Å²) in [6.45, 7) is 3.77. The van der Waals surface area contributed by atoms with Crippen LogP contribution in [-0.4, -0.2) is 16.1 Å². The summed E-state index contributed by atoms with van der Waals surface area (Å²) in [5.41, 5.74) is 2.42. The number of fused-ring (bicyclic) bond motifs is 3. The maximum atomic E-state index is 7.82. The smallest absolute Gasteiger partial charge is 0.224 e. The Balaban J connectivity index is 2.48. The summed E-state index contributed by atoms with van der Waals surface area (Å²) in [7, 11) is 0. The van der Waals surface area contributed by atoms with E-state index in [2.05, 4.69) is 22.4 Å². The molecule has 0 saturated carbocycles. The maximum Gasteiger partial charge on any atom is 0.224 e. The van der Waals surface area contributed by atoms with E-state index in [-0.39, 0.29) is 0 Å². The van der Waals surface area contributed by atoms with Gasteiger partial charge in [-0.2, -0.15) is 0 Å². The summed E-state index contributed by atoms with van der Waals surface area (Å²) in [4.78, 5) is 4.30. The molecular weight excluding hydrogens is 188 g/mol. The van der Waals surface area contributed by atoms with Gasteiger partial charge < -0.3 is 5.32 Å². The van der Waals surface area contributed by atoms with Crippen molar-refractivity contribution in [3.05, 3.63) is 29.4 Å². The van der Waals surface area contributed by atoms with Crippen LogP contribution in [0.25, 0.3) is 10.9 Å². The molecule has 0 bridgehead atoms. The van der Waals surface area contributed by atoms with E-state index >= 15 is 0 Å². The van der Waals surface area contributed by atoms with Gasteiger partial charge in [0.05, 0.1) is 5.52 Å². The number of benzene rings is 1. The lowest BCUT2D eigenvalue weighted by molar-refractivity contribution is 0.717. The molecular formula is C11H12N4. The van der Waals surface area contributed by atoms with Crippen molar-refractivity contribution in [2.45, 2.75) is 13.5 Å². The van der Waals surface area contributed by atoms with E-state index in [4.69, 9.17) is 5.41 Å². The van der Waals surface area contributed by atoms with Crippen LogP contribution in [0.2, 0.25) is 0 Å². The molecule has 0 saturated heterocycles. The van der Waals surface area contributed by atoms with Crippen molar-refractivity contribution < 1.29 is 0 Å². The van der Waals surface area contributed by atoms with Crippen LogP contribution < -0.4 is 10.9 Å². The first-order valence-corrected chi connectivity index (χ1v) is 5.05. The minimum Gasteiger partial charge on any atom is -0.369 e. The summed E-state index contributed by atoms with van der Waals surface area (Å²) < 4.78 is 1.91. The molecule has 1 aliphatic heterocycles. The topological polar surface area (TPSA) is 53.7 Å². The Morgan fingerprint density at radius 2 is 2.33 bits per heavy atom. The number of anilines is 1. The predicted molar refractivity (Wildman–Crippen MR) is 58.8 cm³/mol. The molecule has 76 valence electrons. The second-order valence-corrected chi connectivity index (χ2v) is 3.88. The molecule has 4 nitrogen and oxygen atoms in total. The molecule has 1 aromatic heterocycles. The summed E-state index contributed by atoms with van der Waals surface area (Å²) >= 11 is 0. The Bertz CT molecular complexity index is 597. The van der Waals surface area contributed by atoms with Crippen LogP contribution in [0.15, 0.2) is 18.2 Å².